The zero-order valence-corrected chi connectivity index (χ0v) is 16.7. The van der Waals surface area contributed by atoms with Crippen LogP contribution in [-0.2, 0) is 23.1 Å². The molecule has 3 nitrogen and oxygen atoms in total. The van der Waals surface area contributed by atoms with Crippen LogP contribution in [0.2, 0.25) is 0 Å². The van der Waals surface area contributed by atoms with Gasteiger partial charge in [-0.1, -0.05) is 66.7 Å². The first kappa shape index (κ1) is 19.0. The first-order valence-corrected chi connectivity index (χ1v) is 9.90. The van der Waals surface area contributed by atoms with Crippen molar-refractivity contribution in [2.75, 3.05) is 11.9 Å². The van der Waals surface area contributed by atoms with Crippen LogP contribution in [0.5, 0.6) is 5.75 Å². The highest BCUT2D eigenvalue weighted by atomic mass is 16.5. The molecule has 146 valence electrons. The van der Waals surface area contributed by atoms with Crippen molar-refractivity contribution in [1.29, 1.82) is 0 Å². The molecule has 0 aromatic heterocycles. The van der Waals surface area contributed by atoms with E-state index in [1.165, 1.54) is 16.7 Å². The second kappa shape index (κ2) is 7.96. The highest BCUT2D eigenvalue weighted by Gasteiger charge is 2.45. The van der Waals surface area contributed by atoms with Crippen LogP contribution in [0.25, 0.3) is 0 Å². The topological polar surface area (TPSA) is 38.3 Å². The Kier molecular flexibility index (Phi) is 5.22. The number of carbonyl (C=O) groups excluding carboxylic acids is 1. The summed E-state index contributed by atoms with van der Waals surface area (Å²) >= 11 is 0. The molecule has 0 bridgehead atoms. The maximum atomic E-state index is 13.6. The zero-order chi connectivity index (χ0) is 20.3. The molecule has 0 spiro atoms. The van der Waals surface area contributed by atoms with E-state index in [9.17, 15) is 4.79 Å². The maximum Gasteiger partial charge on any atom is 0.235 e. The van der Waals surface area contributed by atoms with E-state index in [0.717, 1.165) is 17.0 Å². The van der Waals surface area contributed by atoms with Crippen LogP contribution in [-0.4, -0.2) is 12.5 Å². The molecule has 3 heteroatoms. The predicted molar refractivity (Wildman–Crippen MR) is 117 cm³/mol. The molecule has 1 N–H and O–H groups in total. The van der Waals surface area contributed by atoms with Gasteiger partial charge in [0.1, 0.15) is 12.4 Å². The number of nitrogens with one attached hydrogen (secondary N) is 1. The fraction of sp³-hybridized carbons (Fsp3) is 0.192. The van der Waals surface area contributed by atoms with Crippen LogP contribution in [0.1, 0.15) is 22.3 Å². The number of ether oxygens (including phenoxy) is 1. The third-order valence-corrected chi connectivity index (χ3v) is 5.62. The van der Waals surface area contributed by atoms with Crippen LogP contribution < -0.4 is 10.1 Å². The molecule has 3 aromatic rings. The molecule has 0 aliphatic heterocycles. The molecule has 0 radical (unpaired) electrons. The lowest BCUT2D eigenvalue weighted by Gasteiger charge is -2.28. The smallest absolute Gasteiger partial charge is 0.235 e. The molecule has 0 unspecified atom stereocenters. The highest BCUT2D eigenvalue weighted by Crippen LogP contribution is 2.41. The lowest BCUT2D eigenvalue weighted by Crippen LogP contribution is -2.41. The van der Waals surface area contributed by atoms with Crippen LogP contribution in [0, 0.1) is 6.92 Å². The van der Waals surface area contributed by atoms with Crippen molar-refractivity contribution in [3.8, 4) is 5.75 Å². The molecule has 0 heterocycles. The fourth-order valence-corrected chi connectivity index (χ4v) is 4.02. The number of anilines is 1. The molecule has 29 heavy (non-hydrogen) atoms. The van der Waals surface area contributed by atoms with Gasteiger partial charge in [0.05, 0.1) is 5.41 Å². The van der Waals surface area contributed by atoms with Crippen LogP contribution in [0.4, 0.5) is 5.69 Å². The average molecular weight is 383 g/mol. The minimum Gasteiger partial charge on any atom is -0.490 e. The number of hydrogen-bond donors (Lipinski definition) is 1. The Morgan fingerprint density at radius 2 is 1.62 bits per heavy atom. The Labute approximate surface area is 172 Å². The summed E-state index contributed by atoms with van der Waals surface area (Å²) in [5.74, 6) is 0.779. The summed E-state index contributed by atoms with van der Waals surface area (Å²) in [5.41, 5.74) is 4.91. The van der Waals surface area contributed by atoms with Crippen molar-refractivity contribution >= 4 is 11.6 Å². The Morgan fingerprint density at radius 3 is 2.21 bits per heavy atom. The van der Waals surface area contributed by atoms with Crippen LogP contribution in [0.3, 0.4) is 0 Å². The standard InChI is InChI=1S/C26H25NO2/c1-3-16-29-24-14-12-23(13-15-24)27-25(28)26(22-10-8-19(2)9-11-22)17-20-6-4-5-7-21(20)18-26/h3-15H,1,16-18H2,2H3,(H,27,28). The number of rotatable bonds is 6. The Balaban J connectivity index is 1.63. The van der Waals surface area contributed by atoms with Crippen LogP contribution >= 0.6 is 0 Å². The second-order valence-electron chi connectivity index (χ2n) is 7.65. The predicted octanol–water partition coefficient (Wildman–Crippen LogP) is 5.24. The SMILES string of the molecule is C=CCOc1ccc(NC(=O)C2(c3ccc(C)cc3)Cc3ccccc3C2)cc1. The summed E-state index contributed by atoms with van der Waals surface area (Å²) in [6.45, 7) is 6.18. The van der Waals surface area contributed by atoms with Gasteiger partial charge in [-0.25, -0.2) is 0 Å². The normalized spacial score (nSPS) is 14.1. The number of carbonyl (C=O) groups is 1. The van der Waals surface area contributed by atoms with Gasteiger partial charge < -0.3 is 10.1 Å². The van der Waals surface area contributed by atoms with Crippen molar-refractivity contribution in [2.24, 2.45) is 0 Å². The van der Waals surface area contributed by atoms with Gasteiger partial charge in [0.2, 0.25) is 5.91 Å². The molecular weight excluding hydrogens is 358 g/mol. The van der Waals surface area contributed by atoms with E-state index in [1.54, 1.807) is 6.08 Å². The molecule has 1 aliphatic rings. The first-order valence-electron chi connectivity index (χ1n) is 9.90. The minimum atomic E-state index is -0.602. The third kappa shape index (κ3) is 3.81. The molecule has 1 amide bonds. The Bertz CT molecular complexity index is 994. The number of amides is 1. The minimum absolute atomic E-state index is 0.0253. The van der Waals surface area contributed by atoms with Crippen molar-refractivity contribution in [3.63, 3.8) is 0 Å². The van der Waals surface area contributed by atoms with E-state index >= 15 is 0 Å². The summed E-state index contributed by atoms with van der Waals surface area (Å²) in [6, 6.07) is 24.2. The van der Waals surface area contributed by atoms with E-state index in [0.29, 0.717) is 19.4 Å². The molecule has 0 saturated heterocycles. The number of aryl methyl sites for hydroxylation is 1. The van der Waals surface area contributed by atoms with Gasteiger partial charge in [0.25, 0.3) is 0 Å². The fourth-order valence-electron chi connectivity index (χ4n) is 4.02. The van der Waals surface area contributed by atoms with Gasteiger partial charge in [0, 0.05) is 5.69 Å². The van der Waals surface area contributed by atoms with Crippen molar-refractivity contribution in [1.82, 2.24) is 0 Å². The van der Waals surface area contributed by atoms with Gasteiger partial charge in [-0.2, -0.15) is 0 Å². The largest absolute Gasteiger partial charge is 0.490 e. The maximum absolute atomic E-state index is 13.6. The number of benzene rings is 3. The van der Waals surface area contributed by atoms with E-state index in [4.69, 9.17) is 4.74 Å². The third-order valence-electron chi connectivity index (χ3n) is 5.62. The lowest BCUT2D eigenvalue weighted by atomic mass is 9.76. The van der Waals surface area contributed by atoms with E-state index in [1.807, 2.05) is 36.4 Å². The summed E-state index contributed by atoms with van der Waals surface area (Å²) in [7, 11) is 0. The molecule has 0 saturated carbocycles. The van der Waals surface area contributed by atoms with Gasteiger partial charge >= 0.3 is 0 Å². The molecular formula is C26H25NO2. The summed E-state index contributed by atoms with van der Waals surface area (Å²) < 4.78 is 5.53. The first-order chi connectivity index (χ1) is 14.1. The monoisotopic (exact) mass is 383 g/mol. The second-order valence-corrected chi connectivity index (χ2v) is 7.65. The summed E-state index contributed by atoms with van der Waals surface area (Å²) in [5, 5.41) is 3.14. The molecule has 4 rings (SSSR count). The van der Waals surface area contributed by atoms with Gasteiger partial charge in [-0.15, -0.1) is 0 Å². The molecule has 3 aromatic carbocycles. The summed E-state index contributed by atoms with van der Waals surface area (Å²) in [4.78, 5) is 13.6. The van der Waals surface area contributed by atoms with E-state index < -0.39 is 5.41 Å². The van der Waals surface area contributed by atoms with E-state index in [2.05, 4.69) is 55.2 Å². The highest BCUT2D eigenvalue weighted by molar-refractivity contribution is 6.00. The van der Waals surface area contributed by atoms with Crippen molar-refractivity contribution in [2.45, 2.75) is 25.2 Å². The number of fused-ring (bicyclic) bond motifs is 1. The quantitative estimate of drug-likeness (QED) is 0.592. The van der Waals surface area contributed by atoms with E-state index in [-0.39, 0.29) is 5.91 Å². The summed E-state index contributed by atoms with van der Waals surface area (Å²) in [6.07, 6.45) is 3.12. The van der Waals surface area contributed by atoms with Crippen molar-refractivity contribution in [3.05, 3.63) is 108 Å². The number of hydrogen-bond acceptors (Lipinski definition) is 2. The average Bonchev–Trinajstić information content (AvgIpc) is 3.14. The Morgan fingerprint density at radius 1 is 1.00 bits per heavy atom. The Hall–Kier alpha value is -3.33. The van der Waals surface area contributed by atoms with Gasteiger partial charge in [-0.3, -0.25) is 4.79 Å². The van der Waals surface area contributed by atoms with Crippen molar-refractivity contribution < 1.29 is 9.53 Å². The van der Waals surface area contributed by atoms with Crippen LogP contribution in [0.15, 0.2) is 85.5 Å². The zero-order valence-electron chi connectivity index (χ0n) is 16.7. The van der Waals surface area contributed by atoms with Gasteiger partial charge in [0.15, 0.2) is 0 Å². The lowest BCUT2D eigenvalue weighted by molar-refractivity contribution is -0.121. The van der Waals surface area contributed by atoms with Gasteiger partial charge in [-0.05, 0) is 60.7 Å². The molecule has 0 fully saturated rings. The molecule has 0 atom stereocenters. The molecule has 1 aliphatic carbocycles.